The van der Waals surface area contributed by atoms with E-state index in [4.69, 9.17) is 4.74 Å². The van der Waals surface area contributed by atoms with Gasteiger partial charge in [-0.05, 0) is 58.2 Å². The highest BCUT2D eigenvalue weighted by molar-refractivity contribution is 5.97. The highest BCUT2D eigenvalue weighted by Crippen LogP contribution is 2.26. The highest BCUT2D eigenvalue weighted by atomic mass is 16.5. The number of aryl methyl sites for hydroxylation is 2. The van der Waals surface area contributed by atoms with Crippen LogP contribution in [0.3, 0.4) is 0 Å². The maximum absolute atomic E-state index is 13.1. The third-order valence-corrected chi connectivity index (χ3v) is 4.41. The Morgan fingerprint density at radius 1 is 1.04 bits per heavy atom. The van der Waals surface area contributed by atoms with Crippen LogP contribution in [0, 0.1) is 13.8 Å². The van der Waals surface area contributed by atoms with Gasteiger partial charge in [-0.2, -0.15) is 0 Å². The molecule has 1 aromatic carbocycles. The average molecular weight is 361 g/mol. The monoisotopic (exact) mass is 361 g/mol. The summed E-state index contributed by atoms with van der Waals surface area (Å²) in [4.78, 5) is 29.1. The molecule has 0 radical (unpaired) electrons. The summed E-state index contributed by atoms with van der Waals surface area (Å²) in [5, 5.41) is 2.99. The molecule has 0 spiro atoms. The van der Waals surface area contributed by atoms with Gasteiger partial charge >= 0.3 is 6.03 Å². The molecular weight excluding hydrogens is 330 g/mol. The van der Waals surface area contributed by atoms with Crippen LogP contribution >= 0.6 is 0 Å². The van der Waals surface area contributed by atoms with Crippen molar-refractivity contribution in [3.05, 3.63) is 28.8 Å². The third-order valence-electron chi connectivity index (χ3n) is 4.41. The molecule has 0 aromatic heterocycles. The van der Waals surface area contributed by atoms with Gasteiger partial charge < -0.3 is 19.9 Å². The predicted molar refractivity (Wildman–Crippen MR) is 103 cm³/mol. The first-order chi connectivity index (χ1) is 12.1. The maximum Gasteiger partial charge on any atom is 0.317 e. The van der Waals surface area contributed by atoms with Crippen molar-refractivity contribution in [1.82, 2.24) is 15.1 Å². The van der Waals surface area contributed by atoms with E-state index in [0.29, 0.717) is 37.5 Å². The maximum atomic E-state index is 13.1. The molecule has 144 valence electrons. The predicted octanol–water partition coefficient (Wildman–Crippen LogP) is 2.97. The Hall–Kier alpha value is -2.24. The van der Waals surface area contributed by atoms with Crippen molar-refractivity contribution in [2.45, 2.75) is 46.6 Å². The van der Waals surface area contributed by atoms with E-state index in [1.165, 1.54) is 0 Å². The van der Waals surface area contributed by atoms with Crippen LogP contribution < -0.4 is 10.1 Å². The van der Waals surface area contributed by atoms with Crippen molar-refractivity contribution in [3.63, 3.8) is 0 Å². The summed E-state index contributed by atoms with van der Waals surface area (Å²) in [6.45, 7) is 12.1. The summed E-state index contributed by atoms with van der Waals surface area (Å²) in [6, 6.07) is 3.82. The number of carbonyl (C=O) groups is 2. The quantitative estimate of drug-likeness (QED) is 0.881. The minimum absolute atomic E-state index is 0.0354. The zero-order valence-corrected chi connectivity index (χ0v) is 16.8. The summed E-state index contributed by atoms with van der Waals surface area (Å²) in [5.74, 6) is 0.596. The van der Waals surface area contributed by atoms with Crippen molar-refractivity contribution >= 4 is 11.9 Å². The van der Waals surface area contributed by atoms with Gasteiger partial charge in [-0.1, -0.05) is 6.07 Å². The fourth-order valence-electron chi connectivity index (χ4n) is 3.28. The zero-order valence-electron chi connectivity index (χ0n) is 16.8. The van der Waals surface area contributed by atoms with Crippen LogP contribution in [0.25, 0.3) is 0 Å². The Morgan fingerprint density at radius 2 is 1.65 bits per heavy atom. The molecule has 0 atom stereocenters. The second-order valence-electron chi connectivity index (χ2n) is 7.98. The Balaban J connectivity index is 2.12. The van der Waals surface area contributed by atoms with Gasteiger partial charge in [0.1, 0.15) is 5.75 Å². The Morgan fingerprint density at radius 3 is 2.27 bits per heavy atom. The topological polar surface area (TPSA) is 61.9 Å². The van der Waals surface area contributed by atoms with E-state index >= 15 is 0 Å². The summed E-state index contributed by atoms with van der Waals surface area (Å²) in [6.07, 6.45) is 0.760. The van der Waals surface area contributed by atoms with Gasteiger partial charge in [0.25, 0.3) is 5.91 Å². The van der Waals surface area contributed by atoms with Gasteiger partial charge in [0.2, 0.25) is 0 Å². The van der Waals surface area contributed by atoms with Crippen molar-refractivity contribution in [1.29, 1.82) is 0 Å². The fraction of sp³-hybridized carbons (Fsp3) is 0.600. The highest BCUT2D eigenvalue weighted by Gasteiger charge is 2.26. The van der Waals surface area contributed by atoms with E-state index < -0.39 is 0 Å². The number of hydrogen-bond donors (Lipinski definition) is 1. The van der Waals surface area contributed by atoms with Gasteiger partial charge in [0.15, 0.2) is 0 Å². The van der Waals surface area contributed by atoms with Crippen LogP contribution in [0.1, 0.15) is 48.7 Å². The number of rotatable bonds is 2. The van der Waals surface area contributed by atoms with Crippen LogP contribution in [0.5, 0.6) is 5.75 Å². The third kappa shape index (κ3) is 4.90. The molecule has 1 aliphatic heterocycles. The standard InChI is InChI=1S/C20H31N3O3/c1-14-12-15(2)17(26-6)16(13-14)18(24)22-8-7-9-23(11-10-22)19(25)21-20(3,4)5/h12-13H,7-11H2,1-6H3,(H,21,25). The minimum Gasteiger partial charge on any atom is -0.496 e. The number of carbonyl (C=O) groups excluding carboxylic acids is 2. The first-order valence-electron chi connectivity index (χ1n) is 9.14. The molecule has 1 N–H and O–H groups in total. The lowest BCUT2D eigenvalue weighted by atomic mass is 10.0. The smallest absolute Gasteiger partial charge is 0.317 e. The minimum atomic E-state index is -0.272. The summed E-state index contributed by atoms with van der Waals surface area (Å²) < 4.78 is 5.47. The van der Waals surface area contributed by atoms with Crippen molar-refractivity contribution in [3.8, 4) is 5.75 Å². The van der Waals surface area contributed by atoms with Crippen molar-refractivity contribution in [2.75, 3.05) is 33.3 Å². The van der Waals surface area contributed by atoms with E-state index in [1.54, 1.807) is 12.0 Å². The Labute approximate surface area is 156 Å². The van der Waals surface area contributed by atoms with Gasteiger partial charge in [0.05, 0.1) is 12.7 Å². The van der Waals surface area contributed by atoms with E-state index in [2.05, 4.69) is 5.32 Å². The lowest BCUT2D eigenvalue weighted by Crippen LogP contribution is -2.49. The Bertz CT molecular complexity index is 680. The lowest BCUT2D eigenvalue weighted by molar-refractivity contribution is 0.0758. The molecule has 6 nitrogen and oxygen atoms in total. The average Bonchev–Trinajstić information content (AvgIpc) is 2.78. The number of ether oxygens (including phenoxy) is 1. The molecular formula is C20H31N3O3. The molecule has 0 aliphatic carbocycles. The normalized spacial score (nSPS) is 15.5. The van der Waals surface area contributed by atoms with Gasteiger partial charge in [-0.15, -0.1) is 0 Å². The van der Waals surface area contributed by atoms with Crippen LogP contribution in [-0.2, 0) is 0 Å². The number of hydrogen-bond acceptors (Lipinski definition) is 3. The van der Waals surface area contributed by atoms with Crippen molar-refractivity contribution in [2.24, 2.45) is 0 Å². The molecule has 0 saturated carbocycles. The van der Waals surface area contributed by atoms with E-state index in [9.17, 15) is 9.59 Å². The molecule has 2 rings (SSSR count). The molecule has 3 amide bonds. The van der Waals surface area contributed by atoms with Crippen molar-refractivity contribution < 1.29 is 14.3 Å². The lowest BCUT2D eigenvalue weighted by Gasteiger charge is -2.27. The number of methoxy groups -OCH3 is 1. The molecule has 1 aliphatic rings. The fourth-order valence-corrected chi connectivity index (χ4v) is 3.28. The summed E-state index contributed by atoms with van der Waals surface area (Å²) in [5.41, 5.74) is 2.31. The van der Waals surface area contributed by atoms with Crippen LogP contribution in [0.4, 0.5) is 4.79 Å². The summed E-state index contributed by atoms with van der Waals surface area (Å²) in [7, 11) is 1.59. The van der Waals surface area contributed by atoms with E-state index in [1.807, 2.05) is 51.7 Å². The molecule has 26 heavy (non-hydrogen) atoms. The number of amides is 3. The van der Waals surface area contributed by atoms with Crippen LogP contribution in [0.15, 0.2) is 12.1 Å². The second-order valence-corrected chi connectivity index (χ2v) is 7.98. The molecule has 1 fully saturated rings. The number of urea groups is 1. The first-order valence-corrected chi connectivity index (χ1v) is 9.14. The molecule has 1 heterocycles. The van der Waals surface area contributed by atoms with Gasteiger partial charge in [-0.25, -0.2) is 4.79 Å². The Kier molecular flexibility index (Phi) is 6.16. The number of benzene rings is 1. The van der Waals surface area contributed by atoms with E-state index in [0.717, 1.165) is 17.5 Å². The van der Waals surface area contributed by atoms with E-state index in [-0.39, 0.29) is 17.5 Å². The molecule has 0 unspecified atom stereocenters. The number of nitrogens with zero attached hydrogens (tertiary/aromatic N) is 2. The molecule has 1 saturated heterocycles. The number of nitrogens with one attached hydrogen (secondary N) is 1. The van der Waals surface area contributed by atoms with Gasteiger partial charge in [0, 0.05) is 31.7 Å². The SMILES string of the molecule is COc1c(C)cc(C)cc1C(=O)N1CCCN(C(=O)NC(C)(C)C)CC1. The largest absolute Gasteiger partial charge is 0.496 e. The molecule has 0 bridgehead atoms. The second kappa shape index (κ2) is 7.98. The first kappa shape index (κ1) is 20.1. The summed E-state index contributed by atoms with van der Waals surface area (Å²) >= 11 is 0. The molecule has 1 aromatic rings. The van der Waals surface area contributed by atoms with Gasteiger partial charge in [-0.3, -0.25) is 4.79 Å². The van der Waals surface area contributed by atoms with Crippen LogP contribution in [0.2, 0.25) is 0 Å². The molecule has 6 heteroatoms. The van der Waals surface area contributed by atoms with Crippen LogP contribution in [-0.4, -0.2) is 60.6 Å². The zero-order chi connectivity index (χ0) is 19.5.